The molecular formula is C9H13Cl2NS. The fourth-order valence-corrected chi connectivity index (χ4v) is 1.94. The average Bonchev–Trinajstić information content (AvgIpc) is 2.08. The van der Waals surface area contributed by atoms with Crippen LogP contribution in [-0.4, -0.2) is 12.8 Å². The molecule has 0 saturated heterocycles. The molecule has 0 aliphatic carbocycles. The minimum Gasteiger partial charge on any atom is -0.387 e. The maximum absolute atomic E-state index is 5.85. The molecule has 0 saturated carbocycles. The van der Waals surface area contributed by atoms with Crippen molar-refractivity contribution in [1.82, 2.24) is 0 Å². The van der Waals surface area contributed by atoms with Crippen molar-refractivity contribution >= 4 is 41.5 Å². The van der Waals surface area contributed by atoms with Gasteiger partial charge in [0.15, 0.2) is 0 Å². The summed E-state index contributed by atoms with van der Waals surface area (Å²) < 4.78 is 0. The molecule has 0 spiro atoms. The Hall–Kier alpha value is -0.0500. The number of hydrogen-bond acceptors (Lipinski definition) is 2. The zero-order chi connectivity index (χ0) is 8.97. The molecule has 0 aliphatic heterocycles. The Labute approximate surface area is 94.7 Å². The fourth-order valence-electron chi connectivity index (χ4n) is 0.979. The third-order valence-electron chi connectivity index (χ3n) is 1.51. The van der Waals surface area contributed by atoms with Gasteiger partial charge in [0.05, 0.1) is 0 Å². The van der Waals surface area contributed by atoms with Crippen LogP contribution in [0.3, 0.4) is 0 Å². The van der Waals surface area contributed by atoms with Gasteiger partial charge in [-0.2, -0.15) is 0 Å². The van der Waals surface area contributed by atoms with E-state index < -0.39 is 0 Å². The highest BCUT2D eigenvalue weighted by Gasteiger charge is 2.00. The second kappa shape index (κ2) is 6.41. The largest absolute Gasteiger partial charge is 0.387 e. The molecular weight excluding hydrogens is 225 g/mol. The smallest absolute Gasteiger partial charge is 0.0490 e. The molecule has 0 heterocycles. The van der Waals surface area contributed by atoms with Crippen LogP contribution < -0.4 is 5.32 Å². The van der Waals surface area contributed by atoms with E-state index in [4.69, 9.17) is 11.6 Å². The summed E-state index contributed by atoms with van der Waals surface area (Å²) in [6.45, 7) is 2.14. The van der Waals surface area contributed by atoms with Crippen molar-refractivity contribution in [3.8, 4) is 0 Å². The van der Waals surface area contributed by atoms with E-state index in [9.17, 15) is 0 Å². The van der Waals surface area contributed by atoms with Gasteiger partial charge in [0, 0.05) is 22.7 Å². The fraction of sp³-hybridized carbons (Fsp3) is 0.333. The summed E-state index contributed by atoms with van der Waals surface area (Å²) in [4.78, 5) is 1.25. The predicted molar refractivity (Wildman–Crippen MR) is 64.6 cm³/mol. The van der Waals surface area contributed by atoms with Crippen molar-refractivity contribution in [2.45, 2.75) is 11.8 Å². The summed E-state index contributed by atoms with van der Waals surface area (Å²) in [6, 6.07) is 5.91. The van der Waals surface area contributed by atoms with Gasteiger partial charge < -0.3 is 5.32 Å². The highest BCUT2D eigenvalue weighted by Crippen LogP contribution is 2.29. The summed E-state index contributed by atoms with van der Waals surface area (Å²) in [5.74, 6) is 1.08. The number of halogens is 2. The molecule has 0 radical (unpaired) electrons. The zero-order valence-electron chi connectivity index (χ0n) is 7.63. The number of thioether (sulfide) groups is 1. The lowest BCUT2D eigenvalue weighted by Gasteiger charge is -2.07. The lowest BCUT2D eigenvalue weighted by molar-refractivity contribution is 1.37. The van der Waals surface area contributed by atoms with Crippen LogP contribution in [0, 0.1) is 0 Å². The lowest BCUT2D eigenvalue weighted by atomic mass is 10.3. The molecule has 0 aromatic heterocycles. The molecule has 4 heteroatoms. The van der Waals surface area contributed by atoms with E-state index in [0.717, 1.165) is 16.5 Å². The van der Waals surface area contributed by atoms with Crippen LogP contribution in [0.4, 0.5) is 5.69 Å². The SMILES string of the molecule is CCSc1ccc(Cl)cc1NC.Cl. The Morgan fingerprint density at radius 1 is 1.46 bits per heavy atom. The van der Waals surface area contributed by atoms with Gasteiger partial charge in [0.25, 0.3) is 0 Å². The minimum absolute atomic E-state index is 0. The summed E-state index contributed by atoms with van der Waals surface area (Å²) in [5, 5.41) is 3.89. The third kappa shape index (κ3) is 3.67. The molecule has 1 aromatic carbocycles. The highest BCUT2D eigenvalue weighted by molar-refractivity contribution is 7.99. The summed E-state index contributed by atoms with van der Waals surface area (Å²) in [6.07, 6.45) is 0. The Bertz CT molecular complexity index is 266. The van der Waals surface area contributed by atoms with E-state index in [1.807, 2.05) is 37.0 Å². The van der Waals surface area contributed by atoms with Crippen LogP contribution in [0.1, 0.15) is 6.92 Å². The first-order chi connectivity index (χ1) is 5.77. The van der Waals surface area contributed by atoms with Crippen LogP contribution in [0.5, 0.6) is 0 Å². The van der Waals surface area contributed by atoms with Crippen LogP contribution >= 0.6 is 35.8 Å². The number of rotatable bonds is 3. The van der Waals surface area contributed by atoms with Crippen molar-refractivity contribution in [1.29, 1.82) is 0 Å². The number of nitrogens with one attached hydrogen (secondary N) is 1. The molecule has 0 atom stereocenters. The lowest BCUT2D eigenvalue weighted by Crippen LogP contribution is -1.90. The molecule has 0 bridgehead atoms. The van der Waals surface area contributed by atoms with Crippen LogP contribution in [0.15, 0.2) is 23.1 Å². The monoisotopic (exact) mass is 237 g/mol. The Kier molecular flexibility index (Phi) is 6.39. The molecule has 0 aliphatic rings. The highest BCUT2D eigenvalue weighted by atomic mass is 35.5. The van der Waals surface area contributed by atoms with Crippen molar-refractivity contribution in [3.05, 3.63) is 23.2 Å². The molecule has 1 N–H and O–H groups in total. The van der Waals surface area contributed by atoms with Crippen LogP contribution in [-0.2, 0) is 0 Å². The first kappa shape index (κ1) is 12.9. The van der Waals surface area contributed by atoms with Gasteiger partial charge in [0.2, 0.25) is 0 Å². The quantitative estimate of drug-likeness (QED) is 0.801. The van der Waals surface area contributed by atoms with E-state index in [1.54, 1.807) is 0 Å². The van der Waals surface area contributed by atoms with Gasteiger partial charge in [-0.25, -0.2) is 0 Å². The van der Waals surface area contributed by atoms with Gasteiger partial charge in [-0.15, -0.1) is 24.2 Å². The molecule has 1 rings (SSSR count). The Morgan fingerprint density at radius 3 is 2.69 bits per heavy atom. The van der Waals surface area contributed by atoms with Gasteiger partial charge in [-0.1, -0.05) is 18.5 Å². The van der Waals surface area contributed by atoms with E-state index in [0.29, 0.717) is 0 Å². The molecule has 0 fully saturated rings. The van der Waals surface area contributed by atoms with E-state index >= 15 is 0 Å². The van der Waals surface area contributed by atoms with Crippen molar-refractivity contribution in [3.63, 3.8) is 0 Å². The second-order valence-electron chi connectivity index (χ2n) is 2.32. The van der Waals surface area contributed by atoms with E-state index in [2.05, 4.69) is 12.2 Å². The number of anilines is 1. The van der Waals surface area contributed by atoms with Gasteiger partial charge in [-0.05, 0) is 24.0 Å². The van der Waals surface area contributed by atoms with Crippen molar-refractivity contribution in [2.75, 3.05) is 18.1 Å². The normalized spacial score (nSPS) is 9.15. The first-order valence-corrected chi connectivity index (χ1v) is 5.24. The first-order valence-electron chi connectivity index (χ1n) is 3.88. The van der Waals surface area contributed by atoms with E-state index in [1.165, 1.54) is 4.90 Å². The predicted octanol–water partition coefficient (Wildman–Crippen LogP) is 3.92. The van der Waals surface area contributed by atoms with Crippen molar-refractivity contribution in [2.24, 2.45) is 0 Å². The average molecular weight is 238 g/mol. The number of hydrogen-bond donors (Lipinski definition) is 1. The maximum atomic E-state index is 5.85. The Morgan fingerprint density at radius 2 is 2.15 bits per heavy atom. The molecule has 13 heavy (non-hydrogen) atoms. The third-order valence-corrected chi connectivity index (χ3v) is 2.70. The van der Waals surface area contributed by atoms with Crippen molar-refractivity contribution < 1.29 is 0 Å². The molecule has 1 aromatic rings. The number of benzene rings is 1. The van der Waals surface area contributed by atoms with E-state index in [-0.39, 0.29) is 12.4 Å². The molecule has 74 valence electrons. The van der Waals surface area contributed by atoms with Crippen LogP contribution in [0.2, 0.25) is 5.02 Å². The molecule has 0 amide bonds. The topological polar surface area (TPSA) is 12.0 Å². The maximum Gasteiger partial charge on any atom is 0.0490 e. The van der Waals surface area contributed by atoms with Gasteiger partial charge in [0.1, 0.15) is 0 Å². The van der Waals surface area contributed by atoms with Crippen LogP contribution in [0.25, 0.3) is 0 Å². The standard InChI is InChI=1S/C9H12ClNS.ClH/c1-3-12-9-5-4-7(10)6-8(9)11-2;/h4-6,11H,3H2,1-2H3;1H. The Balaban J connectivity index is 0.00000144. The van der Waals surface area contributed by atoms with Gasteiger partial charge >= 0.3 is 0 Å². The molecule has 0 unspecified atom stereocenters. The molecule has 1 nitrogen and oxygen atoms in total. The summed E-state index contributed by atoms with van der Waals surface area (Å²) in [5.41, 5.74) is 1.11. The zero-order valence-corrected chi connectivity index (χ0v) is 10.0. The minimum atomic E-state index is 0. The summed E-state index contributed by atoms with van der Waals surface area (Å²) in [7, 11) is 1.91. The second-order valence-corrected chi connectivity index (χ2v) is 4.07. The summed E-state index contributed by atoms with van der Waals surface area (Å²) >= 11 is 7.66. The van der Waals surface area contributed by atoms with Gasteiger partial charge in [-0.3, -0.25) is 0 Å².